The SMILES string of the molecule is CC(C)CC1(c2ccccc2)CC(Cl)CCO1. The van der Waals surface area contributed by atoms with Gasteiger partial charge in [0.05, 0.1) is 5.60 Å². The molecule has 1 heterocycles. The van der Waals surface area contributed by atoms with Crippen LogP contribution in [0.15, 0.2) is 30.3 Å². The molecular formula is C15H21ClO. The molecule has 17 heavy (non-hydrogen) atoms. The van der Waals surface area contributed by atoms with Crippen LogP contribution in [0.3, 0.4) is 0 Å². The monoisotopic (exact) mass is 252 g/mol. The lowest BCUT2D eigenvalue weighted by molar-refractivity contribution is -0.0946. The lowest BCUT2D eigenvalue weighted by Gasteiger charge is -2.41. The average molecular weight is 253 g/mol. The Labute approximate surface area is 109 Å². The number of ether oxygens (including phenoxy) is 1. The summed E-state index contributed by atoms with van der Waals surface area (Å²) in [5.41, 5.74) is 1.11. The van der Waals surface area contributed by atoms with Gasteiger partial charge in [-0.3, -0.25) is 0 Å². The number of alkyl halides is 1. The molecule has 1 saturated heterocycles. The molecular weight excluding hydrogens is 232 g/mol. The highest BCUT2D eigenvalue weighted by atomic mass is 35.5. The standard InChI is InChI=1S/C15H21ClO/c1-12(2)10-15(11-14(16)8-9-17-15)13-6-4-3-5-7-13/h3-7,12,14H,8-11H2,1-2H3. The maximum Gasteiger partial charge on any atom is 0.0947 e. The molecule has 0 saturated carbocycles. The second kappa shape index (κ2) is 5.41. The first kappa shape index (κ1) is 12.9. The Bertz CT molecular complexity index is 345. The summed E-state index contributed by atoms with van der Waals surface area (Å²) in [7, 11) is 0. The molecule has 2 atom stereocenters. The lowest BCUT2D eigenvalue weighted by atomic mass is 9.80. The fourth-order valence-electron chi connectivity index (χ4n) is 2.76. The largest absolute Gasteiger partial charge is 0.370 e. The molecule has 94 valence electrons. The summed E-state index contributed by atoms with van der Waals surface area (Å²) in [6.45, 7) is 5.26. The van der Waals surface area contributed by atoms with Crippen LogP contribution in [0.4, 0.5) is 0 Å². The minimum atomic E-state index is -0.167. The van der Waals surface area contributed by atoms with Gasteiger partial charge in [0.1, 0.15) is 0 Å². The van der Waals surface area contributed by atoms with Crippen molar-refractivity contribution in [2.75, 3.05) is 6.61 Å². The summed E-state index contributed by atoms with van der Waals surface area (Å²) in [6, 6.07) is 10.5. The summed E-state index contributed by atoms with van der Waals surface area (Å²) in [5, 5.41) is 0.239. The van der Waals surface area contributed by atoms with Gasteiger partial charge >= 0.3 is 0 Å². The Hall–Kier alpha value is -0.530. The van der Waals surface area contributed by atoms with E-state index in [0.29, 0.717) is 5.92 Å². The van der Waals surface area contributed by atoms with Crippen molar-refractivity contribution >= 4 is 11.6 Å². The molecule has 2 unspecified atom stereocenters. The fourth-order valence-corrected chi connectivity index (χ4v) is 3.10. The van der Waals surface area contributed by atoms with E-state index < -0.39 is 0 Å². The molecule has 0 amide bonds. The Morgan fingerprint density at radius 3 is 2.65 bits per heavy atom. The van der Waals surface area contributed by atoms with E-state index in [0.717, 1.165) is 25.9 Å². The quantitative estimate of drug-likeness (QED) is 0.727. The van der Waals surface area contributed by atoms with Crippen molar-refractivity contribution < 1.29 is 4.74 Å². The van der Waals surface area contributed by atoms with Crippen molar-refractivity contribution in [3.8, 4) is 0 Å². The van der Waals surface area contributed by atoms with Crippen LogP contribution in [0.5, 0.6) is 0 Å². The Morgan fingerprint density at radius 2 is 2.06 bits per heavy atom. The van der Waals surface area contributed by atoms with Crippen LogP contribution in [-0.2, 0) is 10.3 Å². The summed E-state index contributed by atoms with van der Waals surface area (Å²) in [6.07, 6.45) is 2.94. The first-order valence-corrected chi connectivity index (χ1v) is 6.89. The molecule has 1 fully saturated rings. The van der Waals surface area contributed by atoms with Crippen molar-refractivity contribution in [3.05, 3.63) is 35.9 Å². The zero-order chi connectivity index (χ0) is 12.3. The minimum Gasteiger partial charge on any atom is -0.370 e. The highest BCUT2D eigenvalue weighted by Crippen LogP contribution is 2.41. The number of benzene rings is 1. The molecule has 1 aromatic carbocycles. The fraction of sp³-hybridized carbons (Fsp3) is 0.600. The third-order valence-electron chi connectivity index (χ3n) is 3.40. The van der Waals surface area contributed by atoms with Gasteiger partial charge in [-0.15, -0.1) is 11.6 Å². The van der Waals surface area contributed by atoms with Gasteiger partial charge in [-0.1, -0.05) is 44.2 Å². The van der Waals surface area contributed by atoms with E-state index in [4.69, 9.17) is 16.3 Å². The van der Waals surface area contributed by atoms with E-state index in [9.17, 15) is 0 Å². The van der Waals surface area contributed by atoms with Crippen LogP contribution < -0.4 is 0 Å². The highest BCUT2D eigenvalue weighted by molar-refractivity contribution is 6.20. The average Bonchev–Trinajstić information content (AvgIpc) is 2.29. The van der Waals surface area contributed by atoms with Crippen LogP contribution in [0.1, 0.15) is 38.7 Å². The third-order valence-corrected chi connectivity index (χ3v) is 3.77. The molecule has 2 rings (SSSR count). The van der Waals surface area contributed by atoms with E-state index >= 15 is 0 Å². The molecule has 0 radical (unpaired) electrons. The molecule has 1 aliphatic heterocycles. The summed E-state index contributed by atoms with van der Waals surface area (Å²) in [5.74, 6) is 0.608. The predicted molar refractivity (Wildman–Crippen MR) is 72.4 cm³/mol. The number of halogens is 1. The smallest absolute Gasteiger partial charge is 0.0947 e. The van der Waals surface area contributed by atoms with Gasteiger partial charge in [-0.05, 0) is 30.7 Å². The van der Waals surface area contributed by atoms with E-state index in [-0.39, 0.29) is 11.0 Å². The van der Waals surface area contributed by atoms with Crippen LogP contribution in [0, 0.1) is 5.92 Å². The third kappa shape index (κ3) is 3.02. The normalized spacial score (nSPS) is 29.5. The maximum absolute atomic E-state index is 6.35. The van der Waals surface area contributed by atoms with Gasteiger partial charge in [0, 0.05) is 12.0 Å². The molecule has 0 N–H and O–H groups in total. The summed E-state index contributed by atoms with van der Waals surface area (Å²) in [4.78, 5) is 0. The molecule has 0 bridgehead atoms. The Morgan fingerprint density at radius 1 is 1.35 bits per heavy atom. The van der Waals surface area contributed by atoms with Crippen molar-refractivity contribution in [1.82, 2.24) is 0 Å². The predicted octanol–water partition coefficient (Wildman–Crippen LogP) is 4.35. The molecule has 1 aliphatic rings. The van der Waals surface area contributed by atoms with E-state index in [2.05, 4.69) is 38.1 Å². The van der Waals surface area contributed by atoms with E-state index in [1.807, 2.05) is 6.07 Å². The number of rotatable bonds is 3. The molecule has 1 nitrogen and oxygen atoms in total. The molecule has 1 aromatic rings. The molecule has 2 heteroatoms. The van der Waals surface area contributed by atoms with Gasteiger partial charge in [0.15, 0.2) is 0 Å². The topological polar surface area (TPSA) is 9.23 Å². The van der Waals surface area contributed by atoms with Crippen molar-refractivity contribution in [2.24, 2.45) is 5.92 Å². The van der Waals surface area contributed by atoms with Crippen LogP contribution in [0.2, 0.25) is 0 Å². The van der Waals surface area contributed by atoms with Crippen LogP contribution in [-0.4, -0.2) is 12.0 Å². The number of hydrogen-bond acceptors (Lipinski definition) is 1. The van der Waals surface area contributed by atoms with Gasteiger partial charge in [-0.2, -0.15) is 0 Å². The van der Waals surface area contributed by atoms with E-state index in [1.165, 1.54) is 5.56 Å². The second-order valence-corrected chi connectivity index (χ2v) is 6.01. The van der Waals surface area contributed by atoms with Gasteiger partial charge in [0.2, 0.25) is 0 Å². The second-order valence-electron chi connectivity index (χ2n) is 5.40. The molecule has 0 spiro atoms. The Kier molecular flexibility index (Phi) is 4.11. The van der Waals surface area contributed by atoms with Crippen LogP contribution >= 0.6 is 11.6 Å². The van der Waals surface area contributed by atoms with Gasteiger partial charge in [0.25, 0.3) is 0 Å². The summed E-state index contributed by atoms with van der Waals surface area (Å²) >= 11 is 6.35. The van der Waals surface area contributed by atoms with Crippen molar-refractivity contribution in [3.63, 3.8) is 0 Å². The Balaban J connectivity index is 2.29. The number of hydrogen-bond donors (Lipinski definition) is 0. The van der Waals surface area contributed by atoms with Crippen LogP contribution in [0.25, 0.3) is 0 Å². The van der Waals surface area contributed by atoms with Gasteiger partial charge < -0.3 is 4.74 Å². The first-order valence-electron chi connectivity index (χ1n) is 6.46. The van der Waals surface area contributed by atoms with Crippen molar-refractivity contribution in [2.45, 2.75) is 44.1 Å². The lowest BCUT2D eigenvalue weighted by Crippen LogP contribution is -2.39. The zero-order valence-electron chi connectivity index (χ0n) is 10.7. The summed E-state index contributed by atoms with van der Waals surface area (Å²) < 4.78 is 6.15. The first-order chi connectivity index (χ1) is 8.12. The highest BCUT2D eigenvalue weighted by Gasteiger charge is 2.38. The van der Waals surface area contributed by atoms with Gasteiger partial charge in [-0.25, -0.2) is 0 Å². The molecule has 0 aromatic heterocycles. The molecule has 0 aliphatic carbocycles. The van der Waals surface area contributed by atoms with E-state index in [1.54, 1.807) is 0 Å². The maximum atomic E-state index is 6.35. The zero-order valence-corrected chi connectivity index (χ0v) is 11.4. The minimum absolute atomic E-state index is 0.167. The van der Waals surface area contributed by atoms with Crippen molar-refractivity contribution in [1.29, 1.82) is 0 Å².